The number of carboxylic acid groups (broad SMARTS) is 1. The number of hydrogen-bond acceptors (Lipinski definition) is 3. The highest BCUT2D eigenvalue weighted by Gasteiger charge is 2.12. The lowest BCUT2D eigenvalue weighted by molar-refractivity contribution is 0.0695. The number of carbonyl (C=O) groups is 1. The average molecular weight is 318 g/mol. The molecule has 1 N–H and O–H groups in total. The molecule has 3 aromatic rings. The van der Waals surface area contributed by atoms with Crippen molar-refractivity contribution in [3.63, 3.8) is 0 Å². The second-order valence-electron chi connectivity index (χ2n) is 4.49. The number of benzene rings is 2. The highest BCUT2D eigenvalue weighted by Crippen LogP contribution is 2.34. The molecule has 3 rings (SSSR count). The van der Waals surface area contributed by atoms with Crippen molar-refractivity contribution in [3.8, 4) is 0 Å². The molecule has 0 radical (unpaired) electrons. The van der Waals surface area contributed by atoms with E-state index in [0.29, 0.717) is 11.3 Å². The second-order valence-corrected chi connectivity index (χ2v) is 6.42. The summed E-state index contributed by atoms with van der Waals surface area (Å²) in [5.41, 5.74) is 0.656. The standard InChI is InChI=1S/C16H11FO2S2/c17-12-5-4-11(13(8-12)16(18)19)9-21-14-3-1-2-10-6-7-20-15(10)14/h1-8H,9H2,(H,18,19). The Morgan fingerprint density at radius 2 is 2.10 bits per heavy atom. The summed E-state index contributed by atoms with van der Waals surface area (Å²) in [5, 5.41) is 12.4. The zero-order valence-corrected chi connectivity index (χ0v) is 12.5. The lowest BCUT2D eigenvalue weighted by Gasteiger charge is -2.07. The number of hydrogen-bond donors (Lipinski definition) is 1. The summed E-state index contributed by atoms with van der Waals surface area (Å²) in [6.45, 7) is 0. The lowest BCUT2D eigenvalue weighted by Crippen LogP contribution is -2.02. The topological polar surface area (TPSA) is 37.3 Å². The number of aromatic carboxylic acids is 1. The number of halogens is 1. The average Bonchev–Trinajstić information content (AvgIpc) is 2.94. The number of thioether (sulfide) groups is 1. The Morgan fingerprint density at radius 3 is 2.90 bits per heavy atom. The van der Waals surface area contributed by atoms with E-state index in [-0.39, 0.29) is 5.56 Å². The molecule has 0 fully saturated rings. The Morgan fingerprint density at radius 1 is 1.24 bits per heavy atom. The molecule has 2 aromatic carbocycles. The van der Waals surface area contributed by atoms with Crippen LogP contribution in [0.5, 0.6) is 0 Å². The second kappa shape index (κ2) is 5.87. The third kappa shape index (κ3) is 2.94. The van der Waals surface area contributed by atoms with Crippen molar-refractivity contribution < 1.29 is 14.3 Å². The maximum absolute atomic E-state index is 13.2. The fourth-order valence-corrected chi connectivity index (χ4v) is 4.22. The van der Waals surface area contributed by atoms with Crippen LogP contribution in [0.15, 0.2) is 52.7 Å². The summed E-state index contributed by atoms with van der Waals surface area (Å²) in [6.07, 6.45) is 0. The summed E-state index contributed by atoms with van der Waals surface area (Å²) < 4.78 is 14.4. The molecule has 0 atom stereocenters. The lowest BCUT2D eigenvalue weighted by atomic mass is 10.1. The first kappa shape index (κ1) is 14.1. The maximum Gasteiger partial charge on any atom is 0.336 e. The predicted octanol–water partition coefficient (Wildman–Crippen LogP) is 5.03. The Balaban J connectivity index is 1.88. The smallest absolute Gasteiger partial charge is 0.336 e. The molecule has 0 saturated carbocycles. The van der Waals surface area contributed by atoms with Gasteiger partial charge in [0.25, 0.3) is 0 Å². The van der Waals surface area contributed by atoms with E-state index in [1.54, 1.807) is 29.2 Å². The van der Waals surface area contributed by atoms with Crippen LogP contribution < -0.4 is 0 Å². The Labute approximate surface area is 129 Å². The monoisotopic (exact) mass is 318 g/mol. The Bertz CT molecular complexity index is 811. The van der Waals surface area contributed by atoms with Gasteiger partial charge >= 0.3 is 5.97 Å². The number of rotatable bonds is 4. The molecule has 0 amide bonds. The fourth-order valence-electron chi connectivity index (χ4n) is 2.11. The minimum absolute atomic E-state index is 0.0286. The largest absolute Gasteiger partial charge is 0.478 e. The molecule has 0 spiro atoms. The van der Waals surface area contributed by atoms with Crippen LogP contribution in [0, 0.1) is 5.82 Å². The first-order valence-corrected chi connectivity index (χ1v) is 8.12. The molecule has 0 aliphatic rings. The van der Waals surface area contributed by atoms with Gasteiger partial charge in [-0.3, -0.25) is 0 Å². The van der Waals surface area contributed by atoms with Crippen LogP contribution in [0.25, 0.3) is 10.1 Å². The third-order valence-electron chi connectivity index (χ3n) is 3.13. The van der Waals surface area contributed by atoms with Crippen molar-refractivity contribution in [2.75, 3.05) is 0 Å². The summed E-state index contributed by atoms with van der Waals surface area (Å²) in [6, 6.07) is 12.0. The molecular formula is C16H11FO2S2. The minimum Gasteiger partial charge on any atom is -0.478 e. The highest BCUT2D eigenvalue weighted by atomic mass is 32.2. The van der Waals surface area contributed by atoms with Gasteiger partial charge in [0.05, 0.1) is 5.56 Å². The zero-order chi connectivity index (χ0) is 14.8. The SMILES string of the molecule is O=C(O)c1cc(F)ccc1CSc1cccc2ccsc12. The van der Waals surface area contributed by atoms with E-state index in [1.165, 1.54) is 16.2 Å². The van der Waals surface area contributed by atoms with E-state index >= 15 is 0 Å². The van der Waals surface area contributed by atoms with Crippen molar-refractivity contribution in [1.29, 1.82) is 0 Å². The quantitative estimate of drug-likeness (QED) is 0.685. The summed E-state index contributed by atoms with van der Waals surface area (Å²) >= 11 is 3.23. The number of fused-ring (bicyclic) bond motifs is 1. The van der Waals surface area contributed by atoms with Crippen LogP contribution in [0.4, 0.5) is 4.39 Å². The van der Waals surface area contributed by atoms with Gasteiger partial charge in [-0.15, -0.1) is 23.1 Å². The van der Waals surface area contributed by atoms with E-state index < -0.39 is 11.8 Å². The molecule has 1 aromatic heterocycles. The van der Waals surface area contributed by atoms with Gasteiger partial charge in [-0.25, -0.2) is 9.18 Å². The molecular weight excluding hydrogens is 307 g/mol. The predicted molar refractivity (Wildman–Crippen MR) is 84.7 cm³/mol. The van der Waals surface area contributed by atoms with Gasteiger partial charge in [0.2, 0.25) is 0 Å². The highest BCUT2D eigenvalue weighted by molar-refractivity contribution is 7.98. The molecule has 0 bridgehead atoms. The van der Waals surface area contributed by atoms with Gasteiger partial charge in [-0.05, 0) is 40.6 Å². The molecule has 0 saturated heterocycles. The molecule has 21 heavy (non-hydrogen) atoms. The van der Waals surface area contributed by atoms with Crippen molar-refractivity contribution in [3.05, 3.63) is 64.8 Å². The zero-order valence-electron chi connectivity index (χ0n) is 10.9. The van der Waals surface area contributed by atoms with Crippen molar-refractivity contribution in [1.82, 2.24) is 0 Å². The van der Waals surface area contributed by atoms with Crippen LogP contribution in [0.3, 0.4) is 0 Å². The molecule has 0 aliphatic heterocycles. The summed E-state index contributed by atoms with van der Waals surface area (Å²) in [4.78, 5) is 12.3. The molecule has 2 nitrogen and oxygen atoms in total. The Kier molecular flexibility index (Phi) is 3.94. The van der Waals surface area contributed by atoms with Crippen LogP contribution in [-0.2, 0) is 5.75 Å². The Hall–Kier alpha value is -1.85. The van der Waals surface area contributed by atoms with Crippen molar-refractivity contribution >= 4 is 39.2 Å². The van der Waals surface area contributed by atoms with Crippen LogP contribution in [-0.4, -0.2) is 11.1 Å². The number of thiophene rings is 1. The first-order chi connectivity index (χ1) is 10.1. The molecule has 1 heterocycles. The van der Waals surface area contributed by atoms with Gasteiger partial charge in [0.15, 0.2) is 0 Å². The van der Waals surface area contributed by atoms with E-state index in [2.05, 4.69) is 12.1 Å². The van der Waals surface area contributed by atoms with Crippen LogP contribution in [0.2, 0.25) is 0 Å². The van der Waals surface area contributed by atoms with E-state index in [0.717, 1.165) is 11.0 Å². The molecule has 5 heteroatoms. The van der Waals surface area contributed by atoms with E-state index in [1.807, 2.05) is 17.5 Å². The fraction of sp³-hybridized carbons (Fsp3) is 0.0625. The normalized spacial score (nSPS) is 10.9. The van der Waals surface area contributed by atoms with Gasteiger partial charge in [0, 0.05) is 15.3 Å². The first-order valence-electron chi connectivity index (χ1n) is 6.26. The third-order valence-corrected chi connectivity index (χ3v) is 5.33. The molecule has 106 valence electrons. The van der Waals surface area contributed by atoms with Crippen molar-refractivity contribution in [2.24, 2.45) is 0 Å². The molecule has 0 unspecified atom stereocenters. The minimum atomic E-state index is -1.10. The van der Waals surface area contributed by atoms with Crippen LogP contribution >= 0.6 is 23.1 Å². The van der Waals surface area contributed by atoms with Gasteiger partial charge in [-0.1, -0.05) is 18.2 Å². The van der Waals surface area contributed by atoms with E-state index in [4.69, 9.17) is 5.11 Å². The van der Waals surface area contributed by atoms with Crippen molar-refractivity contribution in [2.45, 2.75) is 10.6 Å². The van der Waals surface area contributed by atoms with Crippen LogP contribution in [0.1, 0.15) is 15.9 Å². The summed E-state index contributed by atoms with van der Waals surface area (Å²) in [5.74, 6) is -1.13. The van der Waals surface area contributed by atoms with E-state index in [9.17, 15) is 9.18 Å². The van der Waals surface area contributed by atoms with Gasteiger partial charge < -0.3 is 5.11 Å². The molecule has 0 aliphatic carbocycles. The maximum atomic E-state index is 13.2. The van der Waals surface area contributed by atoms with Gasteiger partial charge in [-0.2, -0.15) is 0 Å². The number of carboxylic acids is 1. The summed E-state index contributed by atoms with van der Waals surface area (Å²) in [7, 11) is 0. The van der Waals surface area contributed by atoms with Gasteiger partial charge in [0.1, 0.15) is 5.82 Å².